The highest BCUT2D eigenvalue weighted by molar-refractivity contribution is 5.94. The molecular weight excluding hydrogens is 360 g/mol. The van der Waals surface area contributed by atoms with Crippen molar-refractivity contribution in [2.45, 2.75) is 40.2 Å². The number of benzene rings is 1. The number of amides is 1. The first-order valence-electron chi connectivity index (χ1n) is 9.60. The molecule has 1 aliphatic rings. The lowest BCUT2D eigenvalue weighted by molar-refractivity contribution is -0.149. The maximum absolute atomic E-state index is 12.8. The summed E-state index contributed by atoms with van der Waals surface area (Å²) in [5.74, 6) is 0.870. The molecule has 7 heteroatoms. The molecule has 1 amide bonds. The second-order valence-corrected chi connectivity index (χ2v) is 6.96. The van der Waals surface area contributed by atoms with Gasteiger partial charge in [-0.05, 0) is 57.9 Å². The molecule has 1 atom stereocenters. The number of esters is 1. The van der Waals surface area contributed by atoms with Gasteiger partial charge in [0.15, 0.2) is 0 Å². The van der Waals surface area contributed by atoms with Gasteiger partial charge in [-0.15, -0.1) is 0 Å². The highest BCUT2D eigenvalue weighted by Gasteiger charge is 2.29. The number of ether oxygens (including phenoxy) is 2. The number of carbonyl (C=O) groups is 2. The van der Waals surface area contributed by atoms with Gasteiger partial charge in [0.2, 0.25) is 0 Å². The maximum Gasteiger partial charge on any atom is 0.310 e. The summed E-state index contributed by atoms with van der Waals surface area (Å²) in [5, 5.41) is 3.91. The molecule has 3 rings (SSSR count). The molecule has 150 valence electrons. The summed E-state index contributed by atoms with van der Waals surface area (Å²) < 4.78 is 16.0. The molecule has 0 radical (unpaired) electrons. The van der Waals surface area contributed by atoms with Crippen molar-refractivity contribution >= 4 is 11.9 Å². The molecule has 2 heterocycles. The van der Waals surface area contributed by atoms with Gasteiger partial charge in [-0.1, -0.05) is 5.16 Å². The Bertz CT molecular complexity index is 808. The third-order valence-corrected chi connectivity index (χ3v) is 4.99. The standard InChI is InChI=1S/C21H26N2O5/c1-4-26-21(25)17-6-5-11-23(12-17)20(24)16-7-9-18(10-8-16)27-13-19-14(2)22-28-15(19)3/h7-10,17H,4-6,11-13H2,1-3H3. The van der Waals surface area contributed by atoms with Crippen LogP contribution in [0, 0.1) is 19.8 Å². The lowest BCUT2D eigenvalue weighted by atomic mass is 9.97. The van der Waals surface area contributed by atoms with Crippen molar-refractivity contribution in [2.75, 3.05) is 19.7 Å². The minimum Gasteiger partial charge on any atom is -0.489 e. The number of nitrogens with zero attached hydrogens (tertiary/aromatic N) is 2. The molecule has 1 fully saturated rings. The van der Waals surface area contributed by atoms with Gasteiger partial charge in [0.1, 0.15) is 18.1 Å². The minimum absolute atomic E-state index is 0.0775. The summed E-state index contributed by atoms with van der Waals surface area (Å²) in [5.41, 5.74) is 2.32. The molecule has 0 aliphatic carbocycles. The van der Waals surface area contributed by atoms with E-state index in [1.165, 1.54) is 0 Å². The van der Waals surface area contributed by atoms with E-state index in [1.807, 2.05) is 13.8 Å². The average Bonchev–Trinajstić information content (AvgIpc) is 3.04. The number of likely N-dealkylation sites (tertiary alicyclic amines) is 1. The van der Waals surface area contributed by atoms with Gasteiger partial charge < -0.3 is 18.9 Å². The second-order valence-electron chi connectivity index (χ2n) is 6.96. The molecule has 1 saturated heterocycles. The van der Waals surface area contributed by atoms with Crippen molar-refractivity contribution in [3.63, 3.8) is 0 Å². The Morgan fingerprint density at radius 3 is 2.64 bits per heavy atom. The van der Waals surface area contributed by atoms with Crippen molar-refractivity contribution in [3.05, 3.63) is 46.8 Å². The zero-order valence-electron chi connectivity index (χ0n) is 16.6. The molecule has 28 heavy (non-hydrogen) atoms. The Morgan fingerprint density at radius 2 is 2.00 bits per heavy atom. The number of rotatable bonds is 6. The zero-order valence-corrected chi connectivity index (χ0v) is 16.6. The van der Waals surface area contributed by atoms with Crippen LogP contribution in [0.1, 0.15) is 47.1 Å². The van der Waals surface area contributed by atoms with Crippen LogP contribution in [0.25, 0.3) is 0 Å². The highest BCUT2D eigenvalue weighted by atomic mass is 16.5. The fraction of sp³-hybridized carbons (Fsp3) is 0.476. The van der Waals surface area contributed by atoms with Crippen molar-refractivity contribution in [1.29, 1.82) is 0 Å². The van der Waals surface area contributed by atoms with E-state index in [0.29, 0.717) is 37.6 Å². The Labute approximate surface area is 164 Å². The molecule has 0 N–H and O–H groups in total. The van der Waals surface area contributed by atoms with Crippen LogP contribution in [0.3, 0.4) is 0 Å². The van der Waals surface area contributed by atoms with E-state index in [9.17, 15) is 9.59 Å². The monoisotopic (exact) mass is 386 g/mol. The molecule has 1 aromatic heterocycles. The topological polar surface area (TPSA) is 81.9 Å². The molecule has 0 bridgehead atoms. The Morgan fingerprint density at radius 1 is 1.25 bits per heavy atom. The molecule has 0 spiro atoms. The number of aryl methyl sites for hydroxylation is 2. The Balaban J connectivity index is 1.59. The van der Waals surface area contributed by atoms with Crippen LogP contribution in [-0.4, -0.2) is 41.6 Å². The van der Waals surface area contributed by atoms with Gasteiger partial charge in [-0.25, -0.2) is 0 Å². The molecule has 7 nitrogen and oxygen atoms in total. The van der Waals surface area contributed by atoms with Crippen LogP contribution in [0.5, 0.6) is 5.75 Å². The van der Waals surface area contributed by atoms with Crippen LogP contribution in [0.15, 0.2) is 28.8 Å². The van der Waals surface area contributed by atoms with E-state index in [-0.39, 0.29) is 17.8 Å². The van der Waals surface area contributed by atoms with E-state index >= 15 is 0 Å². The summed E-state index contributed by atoms with van der Waals surface area (Å²) in [7, 11) is 0. The third-order valence-electron chi connectivity index (χ3n) is 4.99. The lowest BCUT2D eigenvalue weighted by Crippen LogP contribution is -2.42. The van der Waals surface area contributed by atoms with Crippen LogP contribution < -0.4 is 4.74 Å². The van der Waals surface area contributed by atoms with E-state index in [0.717, 1.165) is 29.9 Å². The predicted octanol–water partition coefficient (Wildman–Crippen LogP) is 3.29. The van der Waals surface area contributed by atoms with Crippen molar-refractivity contribution in [1.82, 2.24) is 10.1 Å². The second kappa shape index (κ2) is 8.91. The van der Waals surface area contributed by atoms with Gasteiger partial charge in [0.25, 0.3) is 5.91 Å². The SMILES string of the molecule is CCOC(=O)C1CCCN(C(=O)c2ccc(OCc3c(C)noc3C)cc2)C1. The highest BCUT2D eigenvalue weighted by Crippen LogP contribution is 2.22. The number of hydrogen-bond acceptors (Lipinski definition) is 6. The van der Waals surface area contributed by atoms with Crippen LogP contribution in [0.2, 0.25) is 0 Å². The summed E-state index contributed by atoms with van der Waals surface area (Å²) in [6.07, 6.45) is 1.56. The Hall–Kier alpha value is -2.83. The number of piperidine rings is 1. The van der Waals surface area contributed by atoms with Gasteiger partial charge in [-0.3, -0.25) is 9.59 Å². The minimum atomic E-state index is -0.240. The molecule has 1 aliphatic heterocycles. The van der Waals surface area contributed by atoms with E-state index < -0.39 is 0 Å². The summed E-state index contributed by atoms with van der Waals surface area (Å²) in [4.78, 5) is 26.5. The lowest BCUT2D eigenvalue weighted by Gasteiger charge is -2.31. The number of aromatic nitrogens is 1. The first kappa shape index (κ1) is 19.9. The van der Waals surface area contributed by atoms with Crippen molar-refractivity contribution in [2.24, 2.45) is 5.92 Å². The van der Waals surface area contributed by atoms with Gasteiger partial charge >= 0.3 is 5.97 Å². The van der Waals surface area contributed by atoms with Crippen molar-refractivity contribution in [3.8, 4) is 5.75 Å². The average molecular weight is 386 g/mol. The summed E-state index contributed by atoms with van der Waals surface area (Å²) in [6.45, 7) is 7.29. The van der Waals surface area contributed by atoms with Crippen LogP contribution >= 0.6 is 0 Å². The predicted molar refractivity (Wildman–Crippen MR) is 102 cm³/mol. The third kappa shape index (κ3) is 4.52. The van der Waals surface area contributed by atoms with E-state index in [4.69, 9.17) is 14.0 Å². The molecule has 0 saturated carbocycles. The molecule has 2 aromatic rings. The van der Waals surface area contributed by atoms with E-state index in [1.54, 1.807) is 36.1 Å². The largest absolute Gasteiger partial charge is 0.489 e. The number of hydrogen-bond donors (Lipinski definition) is 0. The Kier molecular flexibility index (Phi) is 6.34. The molecular formula is C21H26N2O5. The summed E-state index contributed by atoms with van der Waals surface area (Å²) >= 11 is 0. The zero-order chi connectivity index (χ0) is 20.1. The molecule has 1 aromatic carbocycles. The maximum atomic E-state index is 12.8. The van der Waals surface area contributed by atoms with E-state index in [2.05, 4.69) is 5.16 Å². The first-order chi connectivity index (χ1) is 13.5. The quantitative estimate of drug-likeness (QED) is 0.709. The fourth-order valence-corrected chi connectivity index (χ4v) is 3.35. The van der Waals surface area contributed by atoms with Gasteiger partial charge in [0, 0.05) is 18.7 Å². The van der Waals surface area contributed by atoms with Crippen LogP contribution in [-0.2, 0) is 16.1 Å². The normalized spacial score (nSPS) is 16.7. The number of carbonyl (C=O) groups excluding carboxylic acids is 2. The molecule has 1 unspecified atom stereocenters. The van der Waals surface area contributed by atoms with Gasteiger partial charge in [-0.2, -0.15) is 0 Å². The summed E-state index contributed by atoms with van der Waals surface area (Å²) in [6, 6.07) is 7.05. The fourth-order valence-electron chi connectivity index (χ4n) is 3.35. The smallest absolute Gasteiger partial charge is 0.310 e. The van der Waals surface area contributed by atoms with Crippen LogP contribution in [0.4, 0.5) is 0 Å². The first-order valence-corrected chi connectivity index (χ1v) is 9.60. The van der Waals surface area contributed by atoms with Crippen molar-refractivity contribution < 1.29 is 23.6 Å². The van der Waals surface area contributed by atoms with Gasteiger partial charge in [0.05, 0.1) is 23.8 Å².